The van der Waals surface area contributed by atoms with Crippen LogP contribution in [0.15, 0.2) is 0 Å². The summed E-state index contributed by atoms with van der Waals surface area (Å²) >= 11 is 0. The first-order valence-corrected chi connectivity index (χ1v) is 3.32. The van der Waals surface area contributed by atoms with E-state index in [0.717, 1.165) is 0 Å². The summed E-state index contributed by atoms with van der Waals surface area (Å²) in [5, 5.41) is 2.43. The molecular formula is C7H13NO3. The lowest BCUT2D eigenvalue weighted by atomic mass is 9.96. The molecule has 0 aromatic rings. The number of amides is 1. The lowest BCUT2D eigenvalue weighted by Gasteiger charge is -2.16. The molecule has 0 saturated heterocycles. The van der Waals surface area contributed by atoms with Gasteiger partial charge >= 0.3 is 0 Å². The highest BCUT2D eigenvalue weighted by molar-refractivity contribution is 5.81. The Morgan fingerprint density at radius 3 is 2.45 bits per heavy atom. The van der Waals surface area contributed by atoms with E-state index in [4.69, 9.17) is 0 Å². The van der Waals surface area contributed by atoms with E-state index in [1.54, 1.807) is 20.8 Å². The summed E-state index contributed by atoms with van der Waals surface area (Å²) < 4.78 is 4.29. The molecule has 0 aliphatic carbocycles. The highest BCUT2D eigenvalue weighted by Gasteiger charge is 2.20. The number of nitrogens with one attached hydrogen (secondary N) is 1. The van der Waals surface area contributed by atoms with Crippen molar-refractivity contribution in [2.75, 3.05) is 6.73 Å². The van der Waals surface area contributed by atoms with E-state index in [2.05, 4.69) is 10.1 Å². The summed E-state index contributed by atoms with van der Waals surface area (Å²) in [6.45, 7) is 5.58. The maximum absolute atomic E-state index is 11.0. The van der Waals surface area contributed by atoms with Crippen LogP contribution in [0.1, 0.15) is 20.8 Å². The minimum atomic E-state index is -0.438. The number of hydrogen-bond donors (Lipinski definition) is 1. The van der Waals surface area contributed by atoms with Crippen LogP contribution < -0.4 is 5.32 Å². The van der Waals surface area contributed by atoms with Crippen LogP contribution in [-0.4, -0.2) is 19.1 Å². The van der Waals surface area contributed by atoms with Crippen LogP contribution >= 0.6 is 0 Å². The third kappa shape index (κ3) is 4.36. The number of rotatable bonds is 3. The number of carbonyl (C=O) groups excluding carboxylic acids is 2. The highest BCUT2D eigenvalue weighted by atomic mass is 16.5. The minimum absolute atomic E-state index is 0.0559. The van der Waals surface area contributed by atoms with Crippen molar-refractivity contribution >= 4 is 12.4 Å². The van der Waals surface area contributed by atoms with Crippen LogP contribution in [-0.2, 0) is 14.3 Å². The summed E-state index contributed by atoms with van der Waals surface area (Å²) in [6, 6.07) is 0. The van der Waals surface area contributed by atoms with Gasteiger partial charge in [-0.3, -0.25) is 9.59 Å². The number of hydrogen-bond acceptors (Lipinski definition) is 3. The van der Waals surface area contributed by atoms with E-state index in [9.17, 15) is 9.59 Å². The normalized spacial score (nSPS) is 10.5. The van der Waals surface area contributed by atoms with Crippen LogP contribution in [0.25, 0.3) is 0 Å². The molecule has 1 amide bonds. The van der Waals surface area contributed by atoms with E-state index in [1.807, 2.05) is 0 Å². The summed E-state index contributed by atoms with van der Waals surface area (Å²) in [5.74, 6) is -0.139. The lowest BCUT2D eigenvalue weighted by molar-refractivity contribution is -0.134. The average molecular weight is 159 g/mol. The second-order valence-electron chi connectivity index (χ2n) is 3.16. The fraction of sp³-hybridized carbons (Fsp3) is 0.714. The Balaban J connectivity index is 3.62. The van der Waals surface area contributed by atoms with Gasteiger partial charge in [0, 0.05) is 5.41 Å². The van der Waals surface area contributed by atoms with Crippen LogP contribution in [0.5, 0.6) is 0 Å². The Morgan fingerprint density at radius 2 is 2.09 bits per heavy atom. The first-order valence-electron chi connectivity index (χ1n) is 3.32. The average Bonchev–Trinajstić information content (AvgIpc) is 1.86. The third-order valence-corrected chi connectivity index (χ3v) is 1.07. The number of ether oxygens (including phenoxy) is 1. The molecule has 0 radical (unpaired) electrons. The van der Waals surface area contributed by atoms with Crippen molar-refractivity contribution in [2.45, 2.75) is 20.8 Å². The smallest absolute Gasteiger partial charge is 0.294 e. The molecule has 0 spiro atoms. The molecule has 1 N–H and O–H groups in total. The van der Waals surface area contributed by atoms with Crippen molar-refractivity contribution in [2.24, 2.45) is 5.41 Å². The van der Waals surface area contributed by atoms with Crippen LogP contribution in [0.3, 0.4) is 0 Å². The lowest BCUT2D eigenvalue weighted by Crippen LogP contribution is -2.36. The molecule has 0 fully saturated rings. The molecule has 0 aromatic heterocycles. The molecule has 0 saturated carbocycles. The maximum Gasteiger partial charge on any atom is 0.294 e. The predicted octanol–water partition coefficient (Wildman–Crippen LogP) is 0.279. The SMILES string of the molecule is CC(C)(C)C(=O)NCOC=O. The van der Waals surface area contributed by atoms with Gasteiger partial charge in [-0.05, 0) is 0 Å². The quantitative estimate of drug-likeness (QED) is 0.365. The van der Waals surface area contributed by atoms with E-state index in [0.29, 0.717) is 6.47 Å². The van der Waals surface area contributed by atoms with Crippen LogP contribution in [0.2, 0.25) is 0 Å². The van der Waals surface area contributed by atoms with Crippen molar-refractivity contribution in [1.82, 2.24) is 5.32 Å². The van der Waals surface area contributed by atoms with Gasteiger partial charge in [-0.15, -0.1) is 0 Å². The fourth-order valence-corrected chi connectivity index (χ4v) is 0.406. The van der Waals surface area contributed by atoms with E-state index < -0.39 is 5.41 Å². The largest absolute Gasteiger partial charge is 0.447 e. The zero-order valence-electron chi connectivity index (χ0n) is 7.01. The Bertz CT molecular complexity index is 148. The molecule has 4 nitrogen and oxygen atoms in total. The van der Waals surface area contributed by atoms with Crippen LogP contribution in [0, 0.1) is 5.41 Å². The van der Waals surface area contributed by atoms with Crippen molar-refractivity contribution in [3.8, 4) is 0 Å². The van der Waals surface area contributed by atoms with E-state index in [-0.39, 0.29) is 12.6 Å². The molecule has 4 heteroatoms. The van der Waals surface area contributed by atoms with Crippen molar-refractivity contribution < 1.29 is 14.3 Å². The second kappa shape index (κ2) is 3.95. The maximum atomic E-state index is 11.0. The number of carbonyl (C=O) groups is 2. The first-order chi connectivity index (χ1) is 4.98. The molecule has 64 valence electrons. The third-order valence-electron chi connectivity index (χ3n) is 1.07. The van der Waals surface area contributed by atoms with Gasteiger partial charge in [-0.25, -0.2) is 0 Å². The summed E-state index contributed by atoms with van der Waals surface area (Å²) in [7, 11) is 0. The van der Waals surface area contributed by atoms with Gasteiger partial charge in [0.2, 0.25) is 5.91 Å². The zero-order valence-corrected chi connectivity index (χ0v) is 7.01. The Hall–Kier alpha value is -1.06. The molecule has 0 heterocycles. The topological polar surface area (TPSA) is 55.4 Å². The van der Waals surface area contributed by atoms with Gasteiger partial charge < -0.3 is 10.1 Å². The molecular weight excluding hydrogens is 146 g/mol. The molecule has 0 bridgehead atoms. The second-order valence-corrected chi connectivity index (χ2v) is 3.16. The molecule has 0 aromatic carbocycles. The predicted molar refractivity (Wildman–Crippen MR) is 39.6 cm³/mol. The highest BCUT2D eigenvalue weighted by Crippen LogP contribution is 2.11. The van der Waals surface area contributed by atoms with Gasteiger partial charge in [0.1, 0.15) is 0 Å². The van der Waals surface area contributed by atoms with Crippen molar-refractivity contribution in [1.29, 1.82) is 0 Å². The monoisotopic (exact) mass is 159 g/mol. The Morgan fingerprint density at radius 1 is 1.55 bits per heavy atom. The van der Waals surface area contributed by atoms with Crippen molar-refractivity contribution in [3.05, 3.63) is 0 Å². The van der Waals surface area contributed by atoms with Crippen molar-refractivity contribution in [3.63, 3.8) is 0 Å². The standard InChI is InChI=1S/C7H13NO3/c1-7(2,3)6(10)8-4-11-5-9/h5H,4H2,1-3H3,(H,8,10). The molecule has 0 rings (SSSR count). The summed E-state index contributed by atoms with van der Waals surface area (Å²) in [4.78, 5) is 20.7. The van der Waals surface area contributed by atoms with E-state index in [1.165, 1.54) is 0 Å². The molecule has 0 unspecified atom stereocenters. The molecule has 0 aliphatic heterocycles. The van der Waals surface area contributed by atoms with Gasteiger partial charge in [-0.2, -0.15) is 0 Å². The molecule has 0 atom stereocenters. The Labute approximate surface area is 65.9 Å². The summed E-state index contributed by atoms with van der Waals surface area (Å²) in [6.07, 6.45) is 0. The van der Waals surface area contributed by atoms with Gasteiger partial charge in [0.15, 0.2) is 6.73 Å². The Kier molecular flexibility index (Phi) is 3.57. The van der Waals surface area contributed by atoms with Gasteiger partial charge in [0.25, 0.3) is 6.47 Å². The first kappa shape index (κ1) is 9.94. The van der Waals surface area contributed by atoms with Gasteiger partial charge in [0.05, 0.1) is 0 Å². The zero-order chi connectivity index (χ0) is 8.91. The molecule has 0 aliphatic rings. The molecule has 11 heavy (non-hydrogen) atoms. The summed E-state index contributed by atoms with van der Waals surface area (Å²) in [5.41, 5.74) is -0.438. The fourth-order valence-electron chi connectivity index (χ4n) is 0.406. The van der Waals surface area contributed by atoms with Crippen LogP contribution in [0.4, 0.5) is 0 Å². The minimum Gasteiger partial charge on any atom is -0.447 e. The van der Waals surface area contributed by atoms with Gasteiger partial charge in [-0.1, -0.05) is 20.8 Å². The van der Waals surface area contributed by atoms with E-state index >= 15 is 0 Å².